The average Bonchev–Trinajstić information content (AvgIpc) is 3.55. The largest absolute Gasteiger partial charge is 0.461 e. The lowest BCUT2D eigenvalue weighted by atomic mass is 9.89. The molecule has 2 aromatic heterocycles. The van der Waals surface area contributed by atoms with Gasteiger partial charge in [0, 0.05) is 48.4 Å². The third-order valence-electron chi connectivity index (χ3n) is 10.1. The van der Waals surface area contributed by atoms with Crippen LogP contribution in [0.5, 0.6) is 0 Å². The van der Waals surface area contributed by atoms with Gasteiger partial charge in [-0.1, -0.05) is 26.0 Å². The molecule has 1 amide bonds. The Labute approximate surface area is 289 Å². The van der Waals surface area contributed by atoms with Gasteiger partial charge in [0.15, 0.2) is 5.82 Å². The third-order valence-corrected chi connectivity index (χ3v) is 11.4. The predicted octanol–water partition coefficient (Wildman–Crippen LogP) is 6.59. The van der Waals surface area contributed by atoms with Gasteiger partial charge in [0.2, 0.25) is 0 Å². The molecule has 0 radical (unpaired) electrons. The van der Waals surface area contributed by atoms with Crippen molar-refractivity contribution < 1.29 is 18.7 Å². The number of benzene rings is 2. The summed E-state index contributed by atoms with van der Waals surface area (Å²) < 4.78 is 22.4. The third kappa shape index (κ3) is 6.53. The van der Waals surface area contributed by atoms with Crippen molar-refractivity contribution in [2.75, 3.05) is 36.9 Å². The molecule has 1 aliphatic carbocycles. The van der Waals surface area contributed by atoms with Crippen molar-refractivity contribution in [1.82, 2.24) is 14.5 Å². The summed E-state index contributed by atoms with van der Waals surface area (Å²) in [6, 6.07) is 10.7. The second-order valence-corrected chi connectivity index (χ2v) is 15.6. The van der Waals surface area contributed by atoms with E-state index in [1.165, 1.54) is 45.8 Å². The van der Waals surface area contributed by atoms with Crippen molar-refractivity contribution >= 4 is 40.4 Å². The number of carbonyl (C=O) groups excluding carboxylic acids is 2. The van der Waals surface area contributed by atoms with Gasteiger partial charge in [0.25, 0.3) is 11.5 Å². The Kier molecular flexibility index (Phi) is 8.69. The number of fused-ring (bicyclic) bond motifs is 3. The summed E-state index contributed by atoms with van der Waals surface area (Å²) in [6.07, 6.45) is 6.29. The van der Waals surface area contributed by atoms with Gasteiger partial charge in [-0.05, 0) is 105 Å². The number of thiophene rings is 1. The molecule has 4 aromatic rings. The number of aryl methyl sites for hydroxylation is 1. The number of esters is 1. The summed E-state index contributed by atoms with van der Waals surface area (Å²) in [5, 5.41) is 3.17. The number of nitrogens with zero attached hydrogens (tertiary/aromatic N) is 4. The van der Waals surface area contributed by atoms with Crippen molar-refractivity contribution in [3.8, 4) is 11.3 Å². The summed E-state index contributed by atoms with van der Waals surface area (Å²) >= 11 is 1.55. The van der Waals surface area contributed by atoms with Crippen LogP contribution in [0.2, 0.25) is 0 Å². The Morgan fingerprint density at radius 2 is 1.80 bits per heavy atom. The number of likely N-dealkylation sites (tertiary alicyclic amines) is 1. The number of carbonyl (C=O) groups is 2. The molecule has 7 rings (SSSR count). The van der Waals surface area contributed by atoms with Crippen LogP contribution in [-0.4, -0.2) is 53.0 Å². The number of nitrogens with one attached hydrogen (secondary N) is 1. The van der Waals surface area contributed by atoms with Gasteiger partial charge in [0.05, 0.1) is 16.3 Å². The Morgan fingerprint density at radius 3 is 2.51 bits per heavy atom. The zero-order chi connectivity index (χ0) is 34.6. The van der Waals surface area contributed by atoms with E-state index in [4.69, 9.17) is 4.74 Å². The van der Waals surface area contributed by atoms with Gasteiger partial charge in [-0.15, -0.1) is 11.3 Å². The standard InChI is InChI=1S/C38H42FN5O4S/c1-22(45)48-21-30-28(16-25(39)17-32(30)44-15-12-27-29-18-38(2,3)19-33(29)49-34(27)36(44)46)31-20-43(5)37(47)35(41-31)40-26-8-6-23(7-9-26)24-10-13-42(4)14-11-24/h6-9,16-17,20,24H,10-15,18-19,21H2,1-5H3,(H,40,41). The van der Waals surface area contributed by atoms with E-state index < -0.39 is 11.8 Å². The molecule has 1 saturated heterocycles. The predicted molar refractivity (Wildman–Crippen MR) is 190 cm³/mol. The molecular weight excluding hydrogens is 642 g/mol. The molecule has 1 N–H and O–H groups in total. The zero-order valence-electron chi connectivity index (χ0n) is 28.7. The first-order chi connectivity index (χ1) is 23.4. The maximum absolute atomic E-state index is 15.6. The number of rotatable bonds is 7. The second kappa shape index (κ2) is 12.8. The molecule has 49 heavy (non-hydrogen) atoms. The minimum Gasteiger partial charge on any atom is -0.461 e. The Morgan fingerprint density at radius 1 is 1.06 bits per heavy atom. The van der Waals surface area contributed by atoms with Crippen LogP contribution in [0.3, 0.4) is 0 Å². The summed E-state index contributed by atoms with van der Waals surface area (Å²) in [6.45, 7) is 8.12. The molecule has 256 valence electrons. The number of halogens is 1. The van der Waals surface area contributed by atoms with E-state index in [2.05, 4.69) is 48.2 Å². The average molecular weight is 684 g/mol. The zero-order valence-corrected chi connectivity index (χ0v) is 29.5. The lowest BCUT2D eigenvalue weighted by molar-refractivity contribution is -0.142. The normalized spacial score (nSPS) is 17.6. The van der Waals surface area contributed by atoms with Crippen LogP contribution in [0.4, 0.5) is 21.6 Å². The fraction of sp³-hybridized carbons (Fsp3) is 0.421. The van der Waals surface area contributed by atoms with Crippen LogP contribution in [0, 0.1) is 11.2 Å². The molecule has 3 aliphatic rings. The fourth-order valence-corrected chi connectivity index (χ4v) is 9.12. The molecule has 0 unspecified atom stereocenters. The monoisotopic (exact) mass is 683 g/mol. The Balaban J connectivity index is 1.23. The van der Waals surface area contributed by atoms with Gasteiger partial charge in [-0.3, -0.25) is 14.4 Å². The first-order valence-corrected chi connectivity index (χ1v) is 17.7. The maximum Gasteiger partial charge on any atom is 0.302 e. The number of ether oxygens (including phenoxy) is 1. The van der Waals surface area contributed by atoms with Crippen molar-refractivity contribution in [2.24, 2.45) is 12.5 Å². The number of hydrogen-bond acceptors (Lipinski definition) is 8. The van der Waals surface area contributed by atoms with Gasteiger partial charge < -0.3 is 24.4 Å². The quantitative estimate of drug-likeness (QED) is 0.220. The first-order valence-electron chi connectivity index (χ1n) is 16.9. The lowest BCUT2D eigenvalue weighted by Gasteiger charge is -2.30. The Hall–Kier alpha value is -4.35. The van der Waals surface area contributed by atoms with Crippen molar-refractivity contribution in [3.05, 3.63) is 90.8 Å². The van der Waals surface area contributed by atoms with Crippen LogP contribution in [0.15, 0.2) is 47.4 Å². The summed E-state index contributed by atoms with van der Waals surface area (Å²) in [5.74, 6) is -0.682. The van der Waals surface area contributed by atoms with E-state index in [1.54, 1.807) is 23.3 Å². The highest BCUT2D eigenvalue weighted by atomic mass is 32.1. The molecular formula is C38H42FN5O4S. The highest BCUT2D eigenvalue weighted by Crippen LogP contribution is 2.46. The van der Waals surface area contributed by atoms with Crippen LogP contribution < -0.4 is 15.8 Å². The molecule has 0 spiro atoms. The molecule has 2 aromatic carbocycles. The van der Waals surface area contributed by atoms with Gasteiger partial charge in [-0.2, -0.15) is 0 Å². The fourth-order valence-electron chi connectivity index (χ4n) is 7.54. The highest BCUT2D eigenvalue weighted by molar-refractivity contribution is 7.14. The topological polar surface area (TPSA) is 96.8 Å². The number of aromatic nitrogens is 2. The number of amides is 1. The summed E-state index contributed by atoms with van der Waals surface area (Å²) in [4.78, 5) is 49.9. The first kappa shape index (κ1) is 33.2. The molecule has 9 nitrogen and oxygen atoms in total. The van der Waals surface area contributed by atoms with E-state index in [0.29, 0.717) is 52.0 Å². The molecule has 2 aliphatic heterocycles. The number of hydrogen-bond donors (Lipinski definition) is 1. The second-order valence-electron chi connectivity index (χ2n) is 14.5. The lowest BCUT2D eigenvalue weighted by Crippen LogP contribution is -2.38. The summed E-state index contributed by atoms with van der Waals surface area (Å²) in [7, 11) is 3.76. The molecule has 1 fully saturated rings. The number of anilines is 3. The van der Waals surface area contributed by atoms with Crippen LogP contribution in [-0.2, 0) is 42.4 Å². The number of piperidine rings is 1. The maximum atomic E-state index is 15.6. The minimum atomic E-state index is -0.569. The highest BCUT2D eigenvalue weighted by Gasteiger charge is 2.39. The van der Waals surface area contributed by atoms with Gasteiger partial charge in [0.1, 0.15) is 12.4 Å². The minimum absolute atomic E-state index is 0.0750. The van der Waals surface area contributed by atoms with Gasteiger partial charge in [-0.25, -0.2) is 9.37 Å². The molecule has 4 heterocycles. The smallest absolute Gasteiger partial charge is 0.302 e. The Bertz CT molecular complexity index is 2010. The molecule has 0 atom stereocenters. The van der Waals surface area contributed by atoms with Crippen LogP contribution in [0.1, 0.15) is 76.3 Å². The molecule has 11 heteroatoms. The van der Waals surface area contributed by atoms with Crippen molar-refractivity contribution in [3.63, 3.8) is 0 Å². The van der Waals surface area contributed by atoms with E-state index in [1.807, 2.05) is 12.1 Å². The SMILES string of the molecule is CC(=O)OCc1c(-c2cn(C)c(=O)c(Nc3ccc(C4CCN(C)CC4)cc3)n2)cc(F)cc1N1CCc2c(sc3c2CC(C)(C)C3)C1=O. The van der Waals surface area contributed by atoms with E-state index in [-0.39, 0.29) is 29.3 Å². The van der Waals surface area contributed by atoms with E-state index >= 15 is 4.39 Å². The van der Waals surface area contributed by atoms with Gasteiger partial charge >= 0.3 is 5.97 Å². The van der Waals surface area contributed by atoms with E-state index in [0.717, 1.165) is 44.3 Å². The van der Waals surface area contributed by atoms with Crippen LogP contribution >= 0.6 is 11.3 Å². The molecule has 0 bridgehead atoms. The van der Waals surface area contributed by atoms with E-state index in [9.17, 15) is 14.4 Å². The van der Waals surface area contributed by atoms with Crippen molar-refractivity contribution in [1.29, 1.82) is 0 Å². The molecule has 0 saturated carbocycles. The van der Waals surface area contributed by atoms with Crippen molar-refractivity contribution in [2.45, 2.75) is 65.4 Å². The summed E-state index contributed by atoms with van der Waals surface area (Å²) in [5.41, 5.74) is 5.62. The van der Waals surface area contributed by atoms with Crippen LogP contribution in [0.25, 0.3) is 11.3 Å².